The average molecular weight is 217 g/mol. The third-order valence-electron chi connectivity index (χ3n) is 3.94. The number of hydrogen-bond acceptors (Lipinski definition) is 1. The fraction of sp³-hybridized carbons (Fsp3) is 0.600. The molecule has 1 fully saturated rings. The predicted octanol–water partition coefficient (Wildman–Crippen LogP) is 3.84. The highest BCUT2D eigenvalue weighted by molar-refractivity contribution is 5.24. The molecule has 16 heavy (non-hydrogen) atoms. The van der Waals surface area contributed by atoms with Crippen LogP contribution >= 0.6 is 0 Å². The Morgan fingerprint density at radius 1 is 1.38 bits per heavy atom. The van der Waals surface area contributed by atoms with Gasteiger partial charge in [0, 0.05) is 12.6 Å². The lowest BCUT2D eigenvalue weighted by molar-refractivity contribution is 0.152. The van der Waals surface area contributed by atoms with E-state index in [9.17, 15) is 0 Å². The first kappa shape index (κ1) is 11.7. The van der Waals surface area contributed by atoms with Gasteiger partial charge >= 0.3 is 0 Å². The van der Waals surface area contributed by atoms with Crippen molar-refractivity contribution in [3.8, 4) is 0 Å². The van der Waals surface area contributed by atoms with Crippen molar-refractivity contribution < 1.29 is 0 Å². The van der Waals surface area contributed by atoms with Gasteiger partial charge < -0.3 is 5.32 Å². The number of hydrogen-bond donors (Lipinski definition) is 1. The van der Waals surface area contributed by atoms with E-state index in [1.807, 2.05) is 0 Å². The summed E-state index contributed by atoms with van der Waals surface area (Å²) in [6.07, 6.45) is 4.19. The minimum absolute atomic E-state index is 0.470. The lowest BCUT2D eigenvalue weighted by Crippen LogP contribution is -2.38. The van der Waals surface area contributed by atoms with E-state index in [2.05, 4.69) is 50.4 Å². The van der Waals surface area contributed by atoms with Crippen molar-refractivity contribution in [1.29, 1.82) is 0 Å². The molecule has 0 aliphatic heterocycles. The maximum atomic E-state index is 3.67. The summed E-state index contributed by atoms with van der Waals surface area (Å²) < 4.78 is 0. The van der Waals surface area contributed by atoms with Gasteiger partial charge in [0.15, 0.2) is 0 Å². The van der Waals surface area contributed by atoms with Crippen molar-refractivity contribution in [3.63, 3.8) is 0 Å². The normalized spacial score (nSPS) is 20.2. The molecule has 0 radical (unpaired) electrons. The Balaban J connectivity index is 1.90. The van der Waals surface area contributed by atoms with Crippen LogP contribution in [0.1, 0.15) is 50.3 Å². The minimum Gasteiger partial charge on any atom is -0.310 e. The highest BCUT2D eigenvalue weighted by Crippen LogP contribution is 2.39. The lowest BCUT2D eigenvalue weighted by Gasteiger charge is -2.39. The van der Waals surface area contributed by atoms with Gasteiger partial charge in [-0.1, -0.05) is 43.2 Å². The first-order chi connectivity index (χ1) is 7.59. The number of nitrogens with one attached hydrogen (secondary N) is 1. The van der Waals surface area contributed by atoms with E-state index >= 15 is 0 Å². The fourth-order valence-electron chi connectivity index (χ4n) is 2.41. The second kappa shape index (κ2) is 4.58. The van der Waals surface area contributed by atoms with Gasteiger partial charge in [-0.25, -0.2) is 0 Å². The van der Waals surface area contributed by atoms with Crippen LogP contribution in [0.25, 0.3) is 0 Å². The molecule has 0 amide bonds. The smallest absolute Gasteiger partial charge is 0.0292 e. The molecule has 0 saturated heterocycles. The van der Waals surface area contributed by atoms with Crippen LogP contribution in [-0.4, -0.2) is 6.54 Å². The Bertz CT molecular complexity index is 352. The zero-order valence-electron chi connectivity index (χ0n) is 10.7. The van der Waals surface area contributed by atoms with Crippen LogP contribution in [0, 0.1) is 12.3 Å². The van der Waals surface area contributed by atoms with Gasteiger partial charge in [0.1, 0.15) is 0 Å². The van der Waals surface area contributed by atoms with Gasteiger partial charge in [-0.05, 0) is 37.7 Å². The maximum Gasteiger partial charge on any atom is 0.0292 e. The van der Waals surface area contributed by atoms with Gasteiger partial charge in [-0.15, -0.1) is 0 Å². The minimum atomic E-state index is 0.470. The van der Waals surface area contributed by atoms with Crippen LogP contribution in [0.5, 0.6) is 0 Å². The summed E-state index contributed by atoms with van der Waals surface area (Å²) in [5.74, 6) is 0. The molecule has 1 saturated carbocycles. The molecule has 0 aromatic heterocycles. The Labute approximate surface area is 99.3 Å². The number of aryl methyl sites for hydroxylation is 1. The third kappa shape index (κ3) is 2.65. The SMILES string of the molecule is Cc1cccc(C(C)NCC2(C)CCC2)c1. The molecule has 0 bridgehead atoms. The van der Waals surface area contributed by atoms with Crippen molar-refractivity contribution in [2.24, 2.45) is 5.41 Å². The van der Waals surface area contributed by atoms with E-state index in [-0.39, 0.29) is 0 Å². The first-order valence-corrected chi connectivity index (χ1v) is 6.39. The third-order valence-corrected chi connectivity index (χ3v) is 3.94. The van der Waals surface area contributed by atoms with Gasteiger partial charge in [-0.2, -0.15) is 0 Å². The summed E-state index contributed by atoms with van der Waals surface area (Å²) in [5, 5.41) is 3.67. The molecule has 0 spiro atoms. The van der Waals surface area contributed by atoms with Crippen molar-refractivity contribution in [2.45, 2.75) is 46.1 Å². The van der Waals surface area contributed by atoms with E-state index in [4.69, 9.17) is 0 Å². The topological polar surface area (TPSA) is 12.0 Å². The van der Waals surface area contributed by atoms with E-state index in [1.54, 1.807) is 0 Å². The Kier molecular flexibility index (Phi) is 3.34. The zero-order valence-corrected chi connectivity index (χ0v) is 10.7. The standard InChI is InChI=1S/C15H23N/c1-12-6-4-7-14(10-12)13(2)16-11-15(3)8-5-9-15/h4,6-7,10,13,16H,5,8-9,11H2,1-3H3. The Morgan fingerprint density at radius 3 is 2.69 bits per heavy atom. The molecule has 1 N–H and O–H groups in total. The highest BCUT2D eigenvalue weighted by Gasteiger charge is 2.31. The predicted molar refractivity (Wildman–Crippen MR) is 69.6 cm³/mol. The fourth-order valence-corrected chi connectivity index (χ4v) is 2.41. The maximum absolute atomic E-state index is 3.67. The van der Waals surface area contributed by atoms with Crippen LogP contribution in [0.15, 0.2) is 24.3 Å². The van der Waals surface area contributed by atoms with Gasteiger partial charge in [0.2, 0.25) is 0 Å². The van der Waals surface area contributed by atoms with Crippen molar-refractivity contribution in [1.82, 2.24) is 5.32 Å². The highest BCUT2D eigenvalue weighted by atomic mass is 14.9. The van der Waals surface area contributed by atoms with Crippen molar-refractivity contribution >= 4 is 0 Å². The molecule has 1 atom stereocenters. The van der Waals surface area contributed by atoms with E-state index in [1.165, 1.54) is 30.4 Å². The summed E-state index contributed by atoms with van der Waals surface area (Å²) in [5.41, 5.74) is 3.32. The van der Waals surface area contributed by atoms with E-state index < -0.39 is 0 Å². The molecule has 1 heteroatoms. The van der Waals surface area contributed by atoms with Crippen LogP contribution in [0.3, 0.4) is 0 Å². The molecule has 88 valence electrons. The van der Waals surface area contributed by atoms with Gasteiger partial charge in [0.05, 0.1) is 0 Å². The molecule has 2 rings (SSSR count). The summed E-state index contributed by atoms with van der Waals surface area (Å²) in [6, 6.07) is 9.27. The van der Waals surface area contributed by atoms with E-state index in [0.717, 1.165) is 6.54 Å². The summed E-state index contributed by atoms with van der Waals surface area (Å²) in [7, 11) is 0. The van der Waals surface area contributed by atoms with Crippen LogP contribution < -0.4 is 5.32 Å². The molecule has 1 aliphatic rings. The Morgan fingerprint density at radius 2 is 2.12 bits per heavy atom. The quantitative estimate of drug-likeness (QED) is 0.808. The molecular weight excluding hydrogens is 194 g/mol. The van der Waals surface area contributed by atoms with Crippen molar-refractivity contribution in [3.05, 3.63) is 35.4 Å². The molecule has 1 aliphatic carbocycles. The van der Waals surface area contributed by atoms with Crippen LogP contribution in [0.4, 0.5) is 0 Å². The lowest BCUT2D eigenvalue weighted by atomic mass is 9.70. The first-order valence-electron chi connectivity index (χ1n) is 6.39. The summed E-state index contributed by atoms with van der Waals surface area (Å²) in [4.78, 5) is 0. The molecule has 1 unspecified atom stereocenters. The second-order valence-corrected chi connectivity index (χ2v) is 5.68. The number of rotatable bonds is 4. The number of benzene rings is 1. The van der Waals surface area contributed by atoms with Gasteiger partial charge in [0.25, 0.3) is 0 Å². The molecular formula is C15H23N. The summed E-state index contributed by atoms with van der Waals surface area (Å²) in [6.45, 7) is 7.97. The monoisotopic (exact) mass is 217 g/mol. The van der Waals surface area contributed by atoms with Gasteiger partial charge in [-0.3, -0.25) is 0 Å². The van der Waals surface area contributed by atoms with Crippen LogP contribution in [-0.2, 0) is 0 Å². The zero-order chi connectivity index (χ0) is 11.6. The van der Waals surface area contributed by atoms with Crippen LogP contribution in [0.2, 0.25) is 0 Å². The summed E-state index contributed by atoms with van der Waals surface area (Å²) >= 11 is 0. The second-order valence-electron chi connectivity index (χ2n) is 5.68. The van der Waals surface area contributed by atoms with Crippen molar-refractivity contribution in [2.75, 3.05) is 6.54 Å². The molecule has 1 nitrogen and oxygen atoms in total. The largest absolute Gasteiger partial charge is 0.310 e. The Hall–Kier alpha value is -0.820. The molecule has 1 aromatic rings. The van der Waals surface area contributed by atoms with E-state index in [0.29, 0.717) is 11.5 Å². The molecule has 1 aromatic carbocycles. The molecule has 0 heterocycles. The average Bonchev–Trinajstić information content (AvgIpc) is 2.23.